The Morgan fingerprint density at radius 2 is 1.60 bits per heavy atom. The van der Waals surface area contributed by atoms with Crippen molar-refractivity contribution >= 4 is 21.6 Å². The van der Waals surface area contributed by atoms with Gasteiger partial charge >= 0.3 is 5.97 Å². The highest BCUT2D eigenvalue weighted by molar-refractivity contribution is 7.92. The summed E-state index contributed by atoms with van der Waals surface area (Å²) in [5.41, 5.74) is 6.92. The average molecular weight is 628 g/mol. The van der Waals surface area contributed by atoms with Crippen LogP contribution in [0.4, 0.5) is 0 Å². The zero-order valence-electron chi connectivity index (χ0n) is 26.6. The number of carbonyl (C=O) groups is 1. The van der Waals surface area contributed by atoms with E-state index in [0.29, 0.717) is 30.9 Å². The third-order valence-electron chi connectivity index (χ3n) is 7.99. The standard InChI is InChI=1S/C38H45NO5S/c1-4-9-33(10-5-2)34-19-21-37(22-20-34)44-27-31-13-16-35(17-14-31)36-18-15-32(24-36)25-39(26-38(40)41)45(42,43)28-29(3)23-30-11-7-6-8-12-30/h6-8,11-14,16-22,24,28,33H,4-5,9-10,15,23,25-27H2,1-3H3,(H,40,41). The summed E-state index contributed by atoms with van der Waals surface area (Å²) < 4.78 is 33.6. The molecule has 1 N–H and O–H groups in total. The summed E-state index contributed by atoms with van der Waals surface area (Å²) >= 11 is 0. The molecule has 0 spiro atoms. The number of ether oxygens (including phenoxy) is 1. The molecular weight excluding hydrogens is 582 g/mol. The summed E-state index contributed by atoms with van der Waals surface area (Å²) in [6, 6.07) is 26.2. The summed E-state index contributed by atoms with van der Waals surface area (Å²) in [6.07, 6.45) is 9.83. The van der Waals surface area contributed by atoms with Gasteiger partial charge in [-0.05, 0) is 78.5 Å². The lowest BCUT2D eigenvalue weighted by atomic mass is 9.90. The van der Waals surface area contributed by atoms with Crippen LogP contribution in [-0.4, -0.2) is 36.9 Å². The molecule has 0 fully saturated rings. The quantitative estimate of drug-likeness (QED) is 0.162. The molecule has 0 radical (unpaired) electrons. The molecule has 7 heteroatoms. The Hall–Kier alpha value is -3.94. The predicted molar refractivity (Wildman–Crippen MR) is 182 cm³/mol. The highest BCUT2D eigenvalue weighted by Crippen LogP contribution is 2.30. The van der Waals surface area contributed by atoms with E-state index in [1.54, 1.807) is 6.92 Å². The Labute approximate surface area is 268 Å². The first-order chi connectivity index (χ1) is 21.7. The van der Waals surface area contributed by atoms with Crippen molar-refractivity contribution in [1.29, 1.82) is 0 Å². The topological polar surface area (TPSA) is 83.9 Å². The van der Waals surface area contributed by atoms with Gasteiger partial charge < -0.3 is 9.84 Å². The van der Waals surface area contributed by atoms with E-state index in [-0.39, 0.29) is 6.54 Å². The molecule has 1 aliphatic carbocycles. The van der Waals surface area contributed by atoms with Gasteiger partial charge in [-0.2, -0.15) is 4.31 Å². The molecule has 1 aliphatic rings. The van der Waals surface area contributed by atoms with Gasteiger partial charge in [0.2, 0.25) is 10.0 Å². The second kappa shape index (κ2) is 16.4. The summed E-state index contributed by atoms with van der Waals surface area (Å²) in [5.74, 6) is 0.272. The number of sulfonamides is 1. The third kappa shape index (κ3) is 10.3. The number of rotatable bonds is 17. The van der Waals surface area contributed by atoms with Gasteiger partial charge in [-0.3, -0.25) is 4.79 Å². The third-order valence-corrected chi connectivity index (χ3v) is 9.67. The minimum atomic E-state index is -3.94. The number of benzene rings is 3. The van der Waals surface area contributed by atoms with Gasteiger partial charge in [0.25, 0.3) is 0 Å². The highest BCUT2D eigenvalue weighted by Gasteiger charge is 2.25. The number of carboxylic acids is 1. The van der Waals surface area contributed by atoms with Crippen molar-refractivity contribution in [2.45, 2.75) is 71.8 Å². The Morgan fingerprint density at radius 1 is 0.933 bits per heavy atom. The number of allylic oxidation sites excluding steroid dienone is 4. The molecular formula is C38H45NO5S. The van der Waals surface area contributed by atoms with Crippen LogP contribution in [0.2, 0.25) is 0 Å². The van der Waals surface area contributed by atoms with E-state index in [1.165, 1.54) is 36.7 Å². The van der Waals surface area contributed by atoms with E-state index in [0.717, 1.165) is 37.9 Å². The van der Waals surface area contributed by atoms with Crippen molar-refractivity contribution in [2.24, 2.45) is 0 Å². The lowest BCUT2D eigenvalue weighted by Crippen LogP contribution is -2.36. The van der Waals surface area contributed by atoms with Crippen LogP contribution in [0.15, 0.2) is 108 Å². The molecule has 0 aromatic heterocycles. The summed E-state index contributed by atoms with van der Waals surface area (Å²) in [7, 11) is -3.94. The molecule has 3 aromatic rings. The zero-order chi connectivity index (χ0) is 32.2. The maximum Gasteiger partial charge on any atom is 0.318 e. The molecule has 238 valence electrons. The van der Waals surface area contributed by atoms with Crippen molar-refractivity contribution in [1.82, 2.24) is 4.31 Å². The minimum absolute atomic E-state index is 0.0199. The average Bonchev–Trinajstić information content (AvgIpc) is 3.49. The summed E-state index contributed by atoms with van der Waals surface area (Å²) in [5, 5.41) is 10.7. The molecule has 0 amide bonds. The molecule has 4 rings (SSSR count). The van der Waals surface area contributed by atoms with Crippen LogP contribution < -0.4 is 4.74 Å². The predicted octanol–water partition coefficient (Wildman–Crippen LogP) is 8.53. The van der Waals surface area contributed by atoms with Gasteiger partial charge in [-0.25, -0.2) is 8.42 Å². The van der Waals surface area contributed by atoms with Crippen LogP contribution in [0, 0.1) is 0 Å². The molecule has 0 heterocycles. The van der Waals surface area contributed by atoms with E-state index in [1.807, 2.05) is 60.7 Å². The largest absolute Gasteiger partial charge is 0.489 e. The zero-order valence-corrected chi connectivity index (χ0v) is 27.4. The van der Waals surface area contributed by atoms with Crippen LogP contribution in [0.3, 0.4) is 0 Å². The lowest BCUT2D eigenvalue weighted by Gasteiger charge is -2.19. The van der Waals surface area contributed by atoms with Gasteiger partial charge in [-0.15, -0.1) is 0 Å². The van der Waals surface area contributed by atoms with Crippen molar-refractivity contribution < 1.29 is 23.1 Å². The Kier molecular flexibility index (Phi) is 12.4. The number of hydrogen-bond acceptors (Lipinski definition) is 4. The molecule has 0 aliphatic heterocycles. The van der Waals surface area contributed by atoms with Crippen LogP contribution in [0.25, 0.3) is 5.57 Å². The van der Waals surface area contributed by atoms with Crippen molar-refractivity contribution in [3.8, 4) is 5.75 Å². The second-order valence-electron chi connectivity index (χ2n) is 11.8. The smallest absolute Gasteiger partial charge is 0.318 e. The molecule has 0 atom stereocenters. The van der Waals surface area contributed by atoms with Gasteiger partial charge in [0.1, 0.15) is 18.9 Å². The molecule has 0 saturated carbocycles. The molecule has 0 unspecified atom stereocenters. The van der Waals surface area contributed by atoms with Crippen molar-refractivity contribution in [3.05, 3.63) is 130 Å². The molecule has 6 nitrogen and oxygen atoms in total. The number of aliphatic carboxylic acids is 1. The number of hydrogen-bond donors (Lipinski definition) is 1. The normalized spacial score (nSPS) is 13.7. The van der Waals surface area contributed by atoms with Gasteiger partial charge in [0.15, 0.2) is 0 Å². The number of nitrogens with zero attached hydrogens (tertiary/aromatic N) is 1. The van der Waals surface area contributed by atoms with E-state index in [9.17, 15) is 18.3 Å². The van der Waals surface area contributed by atoms with Crippen LogP contribution in [0.5, 0.6) is 5.75 Å². The van der Waals surface area contributed by atoms with Crippen LogP contribution in [0.1, 0.15) is 81.0 Å². The van der Waals surface area contributed by atoms with E-state index < -0.39 is 22.5 Å². The minimum Gasteiger partial charge on any atom is -0.489 e. The summed E-state index contributed by atoms with van der Waals surface area (Å²) in [4.78, 5) is 11.6. The number of carboxylic acid groups (broad SMARTS) is 1. The van der Waals surface area contributed by atoms with Gasteiger partial charge in [0.05, 0.1) is 0 Å². The SMILES string of the molecule is CCCC(CCC)c1ccc(OCc2ccc(C3=CCC(CN(CC(=O)O)S(=O)(=O)C=C(C)Cc4ccccc4)=C3)cc2)cc1. The Morgan fingerprint density at radius 3 is 2.22 bits per heavy atom. The first-order valence-electron chi connectivity index (χ1n) is 15.8. The maximum absolute atomic E-state index is 13.2. The highest BCUT2D eigenvalue weighted by atomic mass is 32.2. The first-order valence-corrected chi connectivity index (χ1v) is 17.3. The molecule has 45 heavy (non-hydrogen) atoms. The van der Waals surface area contributed by atoms with Crippen molar-refractivity contribution in [2.75, 3.05) is 13.1 Å². The van der Waals surface area contributed by atoms with Crippen molar-refractivity contribution in [3.63, 3.8) is 0 Å². The fourth-order valence-electron chi connectivity index (χ4n) is 5.76. The van der Waals surface area contributed by atoms with E-state index in [2.05, 4.69) is 44.2 Å². The molecule has 0 saturated heterocycles. The Balaban J connectivity index is 1.36. The van der Waals surface area contributed by atoms with Crippen LogP contribution >= 0.6 is 0 Å². The monoisotopic (exact) mass is 627 g/mol. The molecule has 3 aromatic carbocycles. The van der Waals surface area contributed by atoms with E-state index >= 15 is 0 Å². The van der Waals surface area contributed by atoms with Gasteiger partial charge in [-0.1, -0.05) is 117 Å². The molecule has 0 bridgehead atoms. The lowest BCUT2D eigenvalue weighted by molar-refractivity contribution is -0.137. The fourth-order valence-corrected chi connectivity index (χ4v) is 7.14. The van der Waals surface area contributed by atoms with Crippen LogP contribution in [-0.2, 0) is 27.8 Å². The van der Waals surface area contributed by atoms with E-state index in [4.69, 9.17) is 4.74 Å². The fraction of sp³-hybridized carbons (Fsp3) is 0.342. The second-order valence-corrected chi connectivity index (χ2v) is 13.6. The summed E-state index contributed by atoms with van der Waals surface area (Å²) in [6.45, 7) is 6.11. The first kappa shape index (κ1) is 33.9. The maximum atomic E-state index is 13.2. The van der Waals surface area contributed by atoms with Gasteiger partial charge in [0, 0.05) is 12.0 Å². The Bertz CT molecular complexity index is 1600.